The van der Waals surface area contributed by atoms with Crippen LogP contribution in [0.4, 0.5) is 13.2 Å². The lowest BCUT2D eigenvalue weighted by Gasteiger charge is -2.14. The van der Waals surface area contributed by atoms with Crippen molar-refractivity contribution >= 4 is 11.8 Å². The van der Waals surface area contributed by atoms with Crippen LogP contribution in [0.15, 0.2) is 0 Å². The summed E-state index contributed by atoms with van der Waals surface area (Å²) in [4.78, 5) is 21.8. The molecule has 0 aliphatic rings. The van der Waals surface area contributed by atoms with Crippen molar-refractivity contribution in [3.05, 3.63) is 0 Å². The van der Waals surface area contributed by atoms with Crippen molar-refractivity contribution in [2.75, 3.05) is 6.61 Å². The molecule has 0 aromatic heterocycles. The molecule has 4 N–H and O–H groups in total. The first kappa shape index (κ1) is 16.9. The van der Waals surface area contributed by atoms with Crippen molar-refractivity contribution in [1.29, 1.82) is 0 Å². The summed E-state index contributed by atoms with van der Waals surface area (Å²) in [6.45, 7) is 1.79. The second kappa shape index (κ2) is 7.32. The summed E-state index contributed by atoms with van der Waals surface area (Å²) in [5.74, 6) is -2.58. The lowest BCUT2D eigenvalue weighted by Crippen LogP contribution is -2.40. The molecule has 0 spiro atoms. The van der Waals surface area contributed by atoms with Crippen LogP contribution in [-0.2, 0) is 14.3 Å². The third-order valence-electron chi connectivity index (χ3n) is 2.24. The van der Waals surface area contributed by atoms with E-state index in [1.165, 1.54) is 0 Å². The second-order valence-corrected chi connectivity index (χ2v) is 3.76. The number of Topliss-reactive ketones (excluding diaryl/α,β-unsaturated/α-hetero) is 1. The molecular weight excluding hydrogens is 253 g/mol. The van der Waals surface area contributed by atoms with E-state index in [0.29, 0.717) is 0 Å². The zero-order chi connectivity index (χ0) is 14.3. The van der Waals surface area contributed by atoms with E-state index >= 15 is 0 Å². The second-order valence-electron chi connectivity index (χ2n) is 3.76. The Morgan fingerprint density at radius 3 is 2.11 bits per heavy atom. The molecule has 5 nitrogen and oxygen atoms in total. The highest BCUT2D eigenvalue weighted by atomic mass is 19.4. The van der Waals surface area contributed by atoms with Crippen LogP contribution in [0, 0.1) is 0 Å². The van der Waals surface area contributed by atoms with Crippen molar-refractivity contribution in [1.82, 2.24) is 0 Å². The Morgan fingerprint density at radius 2 is 1.67 bits per heavy atom. The highest BCUT2D eigenvalue weighted by Gasteiger charge is 2.41. The summed E-state index contributed by atoms with van der Waals surface area (Å²) in [6.07, 6.45) is -4.84. The van der Waals surface area contributed by atoms with Gasteiger partial charge in [-0.15, -0.1) is 0 Å². The van der Waals surface area contributed by atoms with Gasteiger partial charge in [0.15, 0.2) is 0 Å². The van der Waals surface area contributed by atoms with Gasteiger partial charge in [-0.25, -0.2) is 0 Å². The van der Waals surface area contributed by atoms with Gasteiger partial charge in [-0.05, 0) is 26.2 Å². The van der Waals surface area contributed by atoms with E-state index in [2.05, 4.69) is 4.74 Å². The van der Waals surface area contributed by atoms with Crippen LogP contribution in [0.5, 0.6) is 0 Å². The Bertz CT molecular complexity index is 295. The fourth-order valence-corrected chi connectivity index (χ4v) is 1.27. The Kier molecular flexibility index (Phi) is 6.85. The first-order valence-electron chi connectivity index (χ1n) is 5.49. The van der Waals surface area contributed by atoms with Crippen molar-refractivity contribution in [2.24, 2.45) is 11.5 Å². The number of ether oxygens (including phenoxy) is 1. The molecule has 0 fully saturated rings. The lowest BCUT2D eigenvalue weighted by atomic mass is 10.0. The maximum atomic E-state index is 12.0. The van der Waals surface area contributed by atoms with Gasteiger partial charge in [0.2, 0.25) is 0 Å². The third kappa shape index (κ3) is 5.97. The molecule has 0 aromatic carbocycles. The van der Waals surface area contributed by atoms with Gasteiger partial charge in [0.25, 0.3) is 5.78 Å². The van der Waals surface area contributed by atoms with Gasteiger partial charge in [0.05, 0.1) is 12.6 Å². The number of nitrogens with two attached hydrogens (primary N) is 2. The Hall–Kier alpha value is -1.15. The van der Waals surface area contributed by atoms with E-state index in [1.54, 1.807) is 6.92 Å². The topological polar surface area (TPSA) is 95.4 Å². The van der Waals surface area contributed by atoms with E-state index in [-0.39, 0.29) is 25.9 Å². The van der Waals surface area contributed by atoms with E-state index in [1.807, 2.05) is 0 Å². The van der Waals surface area contributed by atoms with E-state index in [9.17, 15) is 22.8 Å². The fourth-order valence-electron chi connectivity index (χ4n) is 1.27. The molecule has 18 heavy (non-hydrogen) atoms. The molecule has 0 saturated heterocycles. The minimum absolute atomic E-state index is 0.123. The molecule has 0 radical (unpaired) electrons. The molecule has 0 saturated carbocycles. The minimum Gasteiger partial charge on any atom is -0.465 e. The van der Waals surface area contributed by atoms with E-state index < -0.39 is 30.0 Å². The Morgan fingerprint density at radius 1 is 1.17 bits per heavy atom. The van der Waals surface area contributed by atoms with Gasteiger partial charge in [0, 0.05) is 0 Å². The molecule has 2 atom stereocenters. The van der Waals surface area contributed by atoms with Crippen molar-refractivity contribution in [3.8, 4) is 0 Å². The normalized spacial score (nSPS) is 15.0. The highest BCUT2D eigenvalue weighted by Crippen LogP contribution is 2.19. The maximum Gasteiger partial charge on any atom is 0.451 e. The molecular formula is C10H17F3N2O3. The molecule has 0 aliphatic carbocycles. The number of ketones is 1. The van der Waals surface area contributed by atoms with Gasteiger partial charge in [-0.1, -0.05) is 0 Å². The van der Waals surface area contributed by atoms with Crippen LogP contribution in [0.2, 0.25) is 0 Å². The molecule has 0 bridgehead atoms. The number of esters is 1. The quantitative estimate of drug-likeness (QED) is 0.657. The van der Waals surface area contributed by atoms with Crippen LogP contribution >= 0.6 is 0 Å². The molecule has 0 heterocycles. The van der Waals surface area contributed by atoms with Gasteiger partial charge >= 0.3 is 12.1 Å². The molecule has 0 amide bonds. The number of alkyl halides is 3. The minimum atomic E-state index is -4.93. The fraction of sp³-hybridized carbons (Fsp3) is 0.800. The summed E-state index contributed by atoms with van der Waals surface area (Å²) in [7, 11) is 0. The summed E-state index contributed by atoms with van der Waals surface area (Å²) < 4.78 is 40.6. The first-order valence-corrected chi connectivity index (χ1v) is 5.49. The summed E-state index contributed by atoms with van der Waals surface area (Å²) in [6, 6.07) is -2.52. The Labute approximate surface area is 103 Å². The van der Waals surface area contributed by atoms with Crippen LogP contribution in [0.1, 0.15) is 26.2 Å². The predicted molar refractivity (Wildman–Crippen MR) is 57.5 cm³/mol. The standard InChI is InChI=1S/C10H17F3N2O3/c1-2-18-9(17)7(15)5-3-4-6(14)8(16)10(11,12)13/h6-7H,2-5,14-15H2,1H3/t6?,7-/m0/s1. The highest BCUT2D eigenvalue weighted by molar-refractivity contribution is 5.88. The monoisotopic (exact) mass is 270 g/mol. The lowest BCUT2D eigenvalue weighted by molar-refractivity contribution is -0.172. The van der Waals surface area contributed by atoms with Crippen LogP contribution in [0.3, 0.4) is 0 Å². The number of hydrogen-bond acceptors (Lipinski definition) is 5. The summed E-state index contributed by atoms with van der Waals surface area (Å²) >= 11 is 0. The van der Waals surface area contributed by atoms with Crippen LogP contribution in [0.25, 0.3) is 0 Å². The van der Waals surface area contributed by atoms with Crippen LogP contribution < -0.4 is 11.5 Å². The summed E-state index contributed by atoms with van der Waals surface area (Å²) in [5, 5.41) is 0. The molecule has 106 valence electrons. The van der Waals surface area contributed by atoms with Crippen molar-refractivity contribution in [2.45, 2.75) is 44.4 Å². The number of hydrogen-bond donors (Lipinski definition) is 2. The molecule has 0 rings (SSSR count). The number of carbonyl (C=O) groups excluding carboxylic acids is 2. The van der Waals surface area contributed by atoms with Crippen LogP contribution in [-0.4, -0.2) is 36.6 Å². The summed E-state index contributed by atoms with van der Waals surface area (Å²) in [5.41, 5.74) is 10.5. The first-order chi connectivity index (χ1) is 8.20. The average Bonchev–Trinajstić information content (AvgIpc) is 2.26. The molecule has 1 unspecified atom stereocenters. The Balaban J connectivity index is 3.98. The number of rotatable bonds is 7. The van der Waals surface area contributed by atoms with Crippen molar-refractivity contribution in [3.63, 3.8) is 0 Å². The number of halogens is 3. The largest absolute Gasteiger partial charge is 0.465 e. The van der Waals surface area contributed by atoms with Gasteiger partial charge in [-0.3, -0.25) is 9.59 Å². The van der Waals surface area contributed by atoms with E-state index in [4.69, 9.17) is 11.5 Å². The predicted octanol–water partition coefficient (Wildman–Crippen LogP) is 0.506. The zero-order valence-electron chi connectivity index (χ0n) is 10.00. The van der Waals surface area contributed by atoms with Crippen molar-refractivity contribution < 1.29 is 27.5 Å². The number of carbonyl (C=O) groups is 2. The zero-order valence-corrected chi connectivity index (χ0v) is 10.00. The van der Waals surface area contributed by atoms with Gasteiger partial charge < -0.3 is 16.2 Å². The van der Waals surface area contributed by atoms with E-state index in [0.717, 1.165) is 0 Å². The SMILES string of the molecule is CCOC(=O)[C@@H](N)CCCC(N)C(=O)C(F)(F)F. The molecule has 0 aliphatic heterocycles. The maximum absolute atomic E-state index is 12.0. The van der Waals surface area contributed by atoms with Gasteiger partial charge in [0.1, 0.15) is 6.04 Å². The molecule has 0 aromatic rings. The average molecular weight is 270 g/mol. The van der Waals surface area contributed by atoms with Gasteiger partial charge in [-0.2, -0.15) is 13.2 Å². The smallest absolute Gasteiger partial charge is 0.451 e. The third-order valence-corrected chi connectivity index (χ3v) is 2.24. The molecule has 8 heteroatoms.